The van der Waals surface area contributed by atoms with Gasteiger partial charge in [0, 0.05) is 67.1 Å². The van der Waals surface area contributed by atoms with Crippen molar-refractivity contribution in [3.05, 3.63) is 45.7 Å². The molecule has 0 radical (unpaired) electrons. The van der Waals surface area contributed by atoms with Crippen molar-refractivity contribution < 1.29 is 57.9 Å². The van der Waals surface area contributed by atoms with Gasteiger partial charge < -0.3 is 48.3 Å². The minimum Gasteiger partial charge on any atom is -0.477 e. The summed E-state index contributed by atoms with van der Waals surface area (Å²) in [4.78, 5) is 85.2. The number of nitrogens with zero attached hydrogens (tertiary/aromatic N) is 3. The molecule has 2 aromatic rings. The topological polar surface area (TPSA) is 200 Å². The Hall–Kier alpha value is -4.66. The molecule has 1 saturated carbocycles. The number of aromatic carboxylic acids is 1. The average Bonchev–Trinajstić information content (AvgIpc) is 4.08. The van der Waals surface area contributed by atoms with Crippen molar-refractivity contribution in [1.82, 2.24) is 14.4 Å². The smallest absolute Gasteiger partial charge is 0.410 e. The first-order valence-corrected chi connectivity index (χ1v) is 23.5. The van der Waals surface area contributed by atoms with Crippen LogP contribution in [0.15, 0.2) is 29.2 Å². The number of esters is 1. The molecule has 16 heteroatoms. The first-order valence-electron chi connectivity index (χ1n) is 23.5. The number of fused-ring (bicyclic) bond motifs is 2. The Kier molecular flexibility index (Phi) is 15.6. The normalized spacial score (nSPS) is 34.6. The van der Waals surface area contributed by atoms with Gasteiger partial charge in [-0.25, -0.2) is 9.59 Å². The summed E-state index contributed by atoms with van der Waals surface area (Å²) in [5.74, 6) is -0.117. The van der Waals surface area contributed by atoms with Crippen molar-refractivity contribution in [3.63, 3.8) is 0 Å². The van der Waals surface area contributed by atoms with Gasteiger partial charge in [0.25, 0.3) is 0 Å². The molecule has 0 bridgehead atoms. The molecule has 1 aliphatic carbocycles. The zero-order valence-electron chi connectivity index (χ0n) is 40.3. The van der Waals surface area contributed by atoms with Crippen LogP contribution >= 0.6 is 0 Å². The number of benzene rings is 1. The lowest BCUT2D eigenvalue weighted by atomic mass is 9.73. The number of methoxy groups -OCH3 is 1. The highest BCUT2D eigenvalue weighted by atomic mass is 16.7. The molecule has 0 unspecified atom stereocenters. The molecule has 6 rings (SSSR count). The van der Waals surface area contributed by atoms with E-state index in [9.17, 15) is 39.0 Å². The highest BCUT2D eigenvalue weighted by molar-refractivity contribution is 6.00. The maximum atomic E-state index is 14.8. The van der Waals surface area contributed by atoms with E-state index >= 15 is 0 Å². The van der Waals surface area contributed by atoms with E-state index in [4.69, 9.17) is 23.7 Å². The van der Waals surface area contributed by atoms with Crippen LogP contribution in [-0.2, 0) is 38.1 Å². The number of hydrogen-bond donors (Lipinski definition) is 2. The van der Waals surface area contributed by atoms with Crippen LogP contribution < -0.4 is 5.43 Å². The molecule has 4 heterocycles. The summed E-state index contributed by atoms with van der Waals surface area (Å²) in [6.07, 6.45) is 0.431. The molecule has 4 aliphatic rings. The predicted octanol–water partition coefficient (Wildman–Crippen LogP) is 5.76. The van der Waals surface area contributed by atoms with Crippen LogP contribution in [-0.4, -0.2) is 136 Å². The molecule has 4 fully saturated rings. The van der Waals surface area contributed by atoms with E-state index in [0.29, 0.717) is 42.1 Å². The fourth-order valence-corrected chi connectivity index (χ4v) is 10.6. The summed E-state index contributed by atoms with van der Waals surface area (Å²) >= 11 is 0. The minimum absolute atomic E-state index is 0.0938. The number of hydrogen-bond acceptors (Lipinski definition) is 13. The number of aliphatic hydroxyl groups excluding tert-OH is 1. The molecule has 1 amide bonds. The van der Waals surface area contributed by atoms with Crippen molar-refractivity contribution in [3.8, 4) is 11.8 Å². The number of carbonyl (C=O) groups excluding carboxylic acids is 4. The number of ether oxygens (including phenoxy) is 5. The minimum atomic E-state index is -1.46. The Morgan fingerprint density at radius 2 is 1.70 bits per heavy atom. The predicted molar refractivity (Wildman–Crippen MR) is 244 cm³/mol. The largest absolute Gasteiger partial charge is 0.477 e. The van der Waals surface area contributed by atoms with Crippen molar-refractivity contribution >= 4 is 40.5 Å². The number of carboxylic acids is 1. The molecule has 3 saturated heterocycles. The van der Waals surface area contributed by atoms with Crippen LogP contribution in [0.2, 0.25) is 0 Å². The number of likely N-dealkylation sites (N-methyl/N-ethyl adjacent to an activating group) is 1. The Balaban J connectivity index is 1.24. The number of Topliss-reactive ketones (excluding diaryl/α,β-unsaturated/α-hetero) is 2. The first-order chi connectivity index (χ1) is 31.1. The molecule has 3 aliphatic heterocycles. The molecule has 0 spiro atoms. The van der Waals surface area contributed by atoms with E-state index in [1.54, 1.807) is 58.6 Å². The van der Waals surface area contributed by atoms with E-state index in [1.165, 1.54) is 20.2 Å². The summed E-state index contributed by atoms with van der Waals surface area (Å²) < 4.78 is 33.1. The number of rotatable bonds is 11. The molecule has 16 nitrogen and oxygen atoms in total. The number of unbranched alkanes of at least 4 members (excludes halogenated alkanes) is 2. The van der Waals surface area contributed by atoms with Crippen LogP contribution in [0.1, 0.15) is 129 Å². The van der Waals surface area contributed by atoms with Crippen molar-refractivity contribution in [2.24, 2.45) is 23.7 Å². The van der Waals surface area contributed by atoms with Gasteiger partial charge in [-0.1, -0.05) is 39.5 Å². The number of carbonyl (C=O) groups is 5. The number of ketones is 2. The van der Waals surface area contributed by atoms with Gasteiger partial charge in [-0.3, -0.25) is 19.2 Å². The molecular formula is C50H69N3O13. The third-order valence-corrected chi connectivity index (χ3v) is 14.5. The van der Waals surface area contributed by atoms with Gasteiger partial charge >= 0.3 is 18.0 Å². The molecule has 1 aromatic heterocycles. The second kappa shape index (κ2) is 20.3. The molecule has 2 N–H and O–H groups in total. The van der Waals surface area contributed by atoms with Crippen LogP contribution in [0.5, 0.6) is 0 Å². The van der Waals surface area contributed by atoms with Crippen LogP contribution in [0.4, 0.5) is 4.79 Å². The van der Waals surface area contributed by atoms with Crippen molar-refractivity contribution in [1.29, 1.82) is 0 Å². The lowest BCUT2D eigenvalue weighted by Crippen LogP contribution is -2.60. The Morgan fingerprint density at radius 1 is 1.00 bits per heavy atom. The van der Waals surface area contributed by atoms with E-state index in [-0.39, 0.29) is 48.9 Å². The van der Waals surface area contributed by atoms with E-state index in [0.717, 1.165) is 12.8 Å². The monoisotopic (exact) mass is 919 g/mol. The van der Waals surface area contributed by atoms with Gasteiger partial charge in [-0.15, -0.1) is 0 Å². The van der Waals surface area contributed by atoms with Crippen LogP contribution in [0, 0.1) is 35.5 Å². The number of aromatic nitrogens is 1. The molecular weight excluding hydrogens is 851 g/mol. The van der Waals surface area contributed by atoms with E-state index in [1.807, 2.05) is 36.6 Å². The summed E-state index contributed by atoms with van der Waals surface area (Å²) in [5.41, 5.74) is -2.22. The van der Waals surface area contributed by atoms with Gasteiger partial charge in [0.05, 0.1) is 29.4 Å². The molecule has 13 atom stereocenters. The first kappa shape index (κ1) is 50.7. The third kappa shape index (κ3) is 10.1. The zero-order chi connectivity index (χ0) is 48.6. The highest BCUT2D eigenvalue weighted by Gasteiger charge is 2.60. The fourth-order valence-electron chi connectivity index (χ4n) is 10.6. The summed E-state index contributed by atoms with van der Waals surface area (Å²) in [7, 11) is 5.20. The Labute approximate surface area is 387 Å². The van der Waals surface area contributed by atoms with Gasteiger partial charge in [0.2, 0.25) is 5.43 Å². The van der Waals surface area contributed by atoms with Crippen molar-refractivity contribution in [2.45, 2.75) is 167 Å². The van der Waals surface area contributed by atoms with Gasteiger partial charge in [-0.05, 0) is 105 Å². The zero-order valence-corrected chi connectivity index (χ0v) is 40.3. The summed E-state index contributed by atoms with van der Waals surface area (Å²) in [6.45, 7) is 14.0. The fraction of sp³-hybridized carbons (Fsp3) is 0.680. The Bertz CT molecular complexity index is 2300. The third-order valence-electron chi connectivity index (χ3n) is 14.5. The lowest BCUT2D eigenvalue weighted by Gasteiger charge is -2.47. The lowest BCUT2D eigenvalue weighted by molar-refractivity contribution is -0.295. The summed E-state index contributed by atoms with van der Waals surface area (Å²) in [6, 6.07) is 4.13. The number of aliphatic hydroxyl groups is 1. The van der Waals surface area contributed by atoms with Crippen molar-refractivity contribution in [2.75, 3.05) is 27.7 Å². The van der Waals surface area contributed by atoms with Crippen LogP contribution in [0.3, 0.4) is 0 Å². The van der Waals surface area contributed by atoms with Crippen LogP contribution in [0.25, 0.3) is 10.9 Å². The molecule has 1 aromatic carbocycles. The summed E-state index contributed by atoms with van der Waals surface area (Å²) in [5, 5.41) is 21.4. The molecule has 362 valence electrons. The second-order valence-electron chi connectivity index (χ2n) is 19.7. The highest BCUT2D eigenvalue weighted by Crippen LogP contribution is 2.43. The maximum Gasteiger partial charge on any atom is 0.410 e. The number of carboxylic acid groups (broad SMARTS) is 1. The number of pyridine rings is 1. The SMILES string of the molecule is CC[C@H]1OC(=O)[C@H](C)C(=O)[C@H](C)[C@@H](O[C@@H]2O[C@H](C)C[C@H](N(C)C)[C@H]2O)[C@](C)(OC)C[C@@H](C)C(=O)[C@H](C)[C@H]2N(CCCCC#Cc3ccc4c(=O)c(C(=O)O)cn(C5CC5)c4c3)C(=O)O[C@]12C. The maximum absolute atomic E-state index is 14.8. The average molecular weight is 920 g/mol. The van der Waals surface area contributed by atoms with E-state index in [2.05, 4.69) is 11.8 Å². The van der Waals surface area contributed by atoms with Gasteiger partial charge in [0.15, 0.2) is 17.7 Å². The number of cyclic esters (lactones) is 1. The van der Waals surface area contributed by atoms with E-state index < -0.39 is 94.8 Å². The quantitative estimate of drug-likeness (QED) is 0.119. The second-order valence-corrected chi connectivity index (χ2v) is 19.7. The Morgan fingerprint density at radius 3 is 2.32 bits per heavy atom. The number of amides is 1. The molecule has 66 heavy (non-hydrogen) atoms. The van der Waals surface area contributed by atoms with Gasteiger partial charge in [0.1, 0.15) is 29.5 Å². The van der Waals surface area contributed by atoms with Gasteiger partial charge in [-0.2, -0.15) is 0 Å². The standard InChI is InChI=1S/C50H69N3O13/c1-12-38-50(8)43(52(48(61)66-50)22-16-14-13-15-17-32-18-21-34-36(24-32)53(33-19-20-33)26-35(41(34)56)45(58)59)29(4)39(54)27(2)25-49(7,62-11)44(30(5)40(55)31(6)46(60)64-38)65-47-42(57)37(51(9)10)23-28(3)63-47/h18,21,24,26-31,33,37-38,42-44,47,57H,12-14,16,19-20,22-23,25H2,1-11H3,(H,58,59)/t27-,28-,29+,30+,31-,37+,38-,42-,43-,44-,47+,49-,50-/m1/s1.